The Bertz CT molecular complexity index is 659. The van der Waals surface area contributed by atoms with Crippen LogP contribution < -0.4 is 15.0 Å². The van der Waals surface area contributed by atoms with E-state index in [1.54, 1.807) is 7.11 Å². The van der Waals surface area contributed by atoms with E-state index in [1.165, 1.54) is 31.2 Å². The van der Waals surface area contributed by atoms with Crippen molar-refractivity contribution in [2.75, 3.05) is 30.4 Å². The third-order valence-electron chi connectivity index (χ3n) is 4.89. The van der Waals surface area contributed by atoms with E-state index in [-0.39, 0.29) is 0 Å². The smallest absolute Gasteiger partial charge is 0.224 e. The SMILES string of the molecule is CCC1CCCCN1c1ccnc(NCCc2ccc(OC)cc2)n1. The first-order valence-electron chi connectivity index (χ1n) is 9.26. The highest BCUT2D eigenvalue weighted by Gasteiger charge is 2.22. The molecule has 3 rings (SSSR count). The van der Waals surface area contributed by atoms with Crippen LogP contribution in [-0.4, -0.2) is 36.2 Å². The highest BCUT2D eigenvalue weighted by atomic mass is 16.5. The molecule has 0 amide bonds. The molecule has 5 nitrogen and oxygen atoms in total. The predicted octanol–water partition coefficient (Wildman–Crippen LogP) is 3.91. The Balaban J connectivity index is 1.57. The summed E-state index contributed by atoms with van der Waals surface area (Å²) < 4.78 is 5.19. The molecule has 1 aromatic heterocycles. The average molecular weight is 340 g/mol. The van der Waals surface area contributed by atoms with Gasteiger partial charge in [0, 0.05) is 25.3 Å². The van der Waals surface area contributed by atoms with Crippen LogP contribution in [0.15, 0.2) is 36.5 Å². The van der Waals surface area contributed by atoms with Crippen LogP contribution in [0.5, 0.6) is 5.75 Å². The molecule has 134 valence electrons. The zero-order valence-electron chi connectivity index (χ0n) is 15.2. The molecule has 1 unspecified atom stereocenters. The van der Waals surface area contributed by atoms with Crippen molar-refractivity contribution in [1.29, 1.82) is 0 Å². The molecule has 1 N–H and O–H groups in total. The molecule has 0 bridgehead atoms. The minimum absolute atomic E-state index is 0.607. The highest BCUT2D eigenvalue weighted by Crippen LogP contribution is 2.25. The molecular formula is C20H28N4O. The molecule has 1 saturated heterocycles. The quantitative estimate of drug-likeness (QED) is 0.828. The number of nitrogens with one attached hydrogen (secondary N) is 1. The zero-order valence-corrected chi connectivity index (χ0v) is 15.2. The van der Waals surface area contributed by atoms with Crippen molar-refractivity contribution in [3.63, 3.8) is 0 Å². The number of nitrogens with zero attached hydrogens (tertiary/aromatic N) is 3. The first-order valence-corrected chi connectivity index (χ1v) is 9.26. The van der Waals surface area contributed by atoms with Gasteiger partial charge < -0.3 is 15.0 Å². The van der Waals surface area contributed by atoms with Gasteiger partial charge in [-0.15, -0.1) is 0 Å². The summed E-state index contributed by atoms with van der Waals surface area (Å²) in [6, 6.07) is 10.8. The van der Waals surface area contributed by atoms with E-state index in [4.69, 9.17) is 9.72 Å². The lowest BCUT2D eigenvalue weighted by Crippen LogP contribution is -2.39. The average Bonchev–Trinajstić information content (AvgIpc) is 2.69. The summed E-state index contributed by atoms with van der Waals surface area (Å²) in [4.78, 5) is 11.6. The van der Waals surface area contributed by atoms with Crippen molar-refractivity contribution in [3.05, 3.63) is 42.1 Å². The maximum Gasteiger partial charge on any atom is 0.224 e. The van der Waals surface area contributed by atoms with Gasteiger partial charge in [-0.25, -0.2) is 4.98 Å². The summed E-state index contributed by atoms with van der Waals surface area (Å²) in [5.74, 6) is 2.65. The van der Waals surface area contributed by atoms with Crippen molar-refractivity contribution in [3.8, 4) is 5.75 Å². The summed E-state index contributed by atoms with van der Waals surface area (Å²) in [6.07, 6.45) is 7.80. The maximum absolute atomic E-state index is 5.19. The summed E-state index contributed by atoms with van der Waals surface area (Å²) >= 11 is 0. The van der Waals surface area contributed by atoms with Crippen molar-refractivity contribution in [2.24, 2.45) is 0 Å². The fraction of sp³-hybridized carbons (Fsp3) is 0.500. The van der Waals surface area contributed by atoms with Crippen molar-refractivity contribution in [2.45, 2.75) is 45.1 Å². The fourth-order valence-corrected chi connectivity index (χ4v) is 3.43. The normalized spacial score (nSPS) is 17.4. The largest absolute Gasteiger partial charge is 0.497 e. The van der Waals surface area contributed by atoms with Gasteiger partial charge in [-0.1, -0.05) is 19.1 Å². The number of aromatic nitrogens is 2. The van der Waals surface area contributed by atoms with E-state index >= 15 is 0 Å². The zero-order chi connectivity index (χ0) is 17.5. The monoisotopic (exact) mass is 340 g/mol. The van der Waals surface area contributed by atoms with Gasteiger partial charge in [0.15, 0.2) is 0 Å². The molecule has 0 aliphatic carbocycles. The molecule has 2 aromatic rings. The molecular weight excluding hydrogens is 312 g/mol. The van der Waals surface area contributed by atoms with Gasteiger partial charge in [0.1, 0.15) is 11.6 Å². The van der Waals surface area contributed by atoms with Gasteiger partial charge in [0.25, 0.3) is 0 Å². The Morgan fingerprint density at radius 2 is 2.04 bits per heavy atom. The first-order chi connectivity index (χ1) is 12.3. The molecule has 0 spiro atoms. The van der Waals surface area contributed by atoms with Gasteiger partial charge >= 0.3 is 0 Å². The number of anilines is 2. The van der Waals surface area contributed by atoms with E-state index in [9.17, 15) is 0 Å². The van der Waals surface area contributed by atoms with Crippen molar-refractivity contribution in [1.82, 2.24) is 9.97 Å². The maximum atomic E-state index is 5.19. The lowest BCUT2D eigenvalue weighted by atomic mass is 10.0. The number of rotatable bonds is 7. The first kappa shape index (κ1) is 17.5. The Kier molecular flexibility index (Phi) is 6.09. The molecule has 25 heavy (non-hydrogen) atoms. The van der Waals surface area contributed by atoms with Gasteiger partial charge in [-0.3, -0.25) is 0 Å². The third kappa shape index (κ3) is 4.62. The van der Waals surface area contributed by atoms with E-state index < -0.39 is 0 Å². The number of benzene rings is 1. The second-order valence-electron chi connectivity index (χ2n) is 6.51. The Morgan fingerprint density at radius 1 is 1.20 bits per heavy atom. The Labute approximate surface area is 150 Å². The standard InChI is InChI=1S/C20H28N4O/c1-3-17-6-4-5-15-24(17)19-12-14-22-20(23-19)21-13-11-16-7-9-18(25-2)10-8-16/h7-10,12,14,17H,3-6,11,13,15H2,1-2H3,(H,21,22,23). The van der Waals surface area contributed by atoms with Crippen molar-refractivity contribution >= 4 is 11.8 Å². The van der Waals surface area contributed by atoms with Gasteiger partial charge in [-0.05, 0) is 55.9 Å². The minimum Gasteiger partial charge on any atom is -0.497 e. The van der Waals surface area contributed by atoms with Gasteiger partial charge in [-0.2, -0.15) is 4.98 Å². The molecule has 1 aromatic carbocycles. The molecule has 0 saturated carbocycles. The summed E-state index contributed by atoms with van der Waals surface area (Å²) in [5.41, 5.74) is 1.27. The fourth-order valence-electron chi connectivity index (χ4n) is 3.43. The number of hydrogen-bond donors (Lipinski definition) is 1. The Hall–Kier alpha value is -2.30. The lowest BCUT2D eigenvalue weighted by Gasteiger charge is -2.36. The Morgan fingerprint density at radius 3 is 2.80 bits per heavy atom. The lowest BCUT2D eigenvalue weighted by molar-refractivity contribution is 0.414. The van der Waals surface area contributed by atoms with E-state index in [1.807, 2.05) is 24.4 Å². The van der Waals surface area contributed by atoms with Crippen LogP contribution in [0, 0.1) is 0 Å². The van der Waals surface area contributed by atoms with Crippen molar-refractivity contribution < 1.29 is 4.74 Å². The van der Waals surface area contributed by atoms with Crippen LogP contribution in [0.25, 0.3) is 0 Å². The second kappa shape index (κ2) is 8.70. The van der Waals surface area contributed by atoms with E-state index in [0.717, 1.165) is 31.1 Å². The third-order valence-corrected chi connectivity index (χ3v) is 4.89. The van der Waals surface area contributed by atoms with E-state index in [0.29, 0.717) is 12.0 Å². The van der Waals surface area contributed by atoms with Crippen LogP contribution in [0.4, 0.5) is 11.8 Å². The summed E-state index contributed by atoms with van der Waals surface area (Å²) in [5, 5.41) is 3.35. The van der Waals surface area contributed by atoms with Crippen LogP contribution in [-0.2, 0) is 6.42 Å². The predicted molar refractivity (Wildman–Crippen MR) is 102 cm³/mol. The van der Waals surface area contributed by atoms with Crippen LogP contribution in [0.1, 0.15) is 38.2 Å². The molecule has 1 aliphatic heterocycles. The number of ether oxygens (including phenoxy) is 1. The molecule has 1 aliphatic rings. The summed E-state index contributed by atoms with van der Waals surface area (Å²) in [7, 11) is 1.69. The van der Waals surface area contributed by atoms with Gasteiger partial charge in [0.05, 0.1) is 7.11 Å². The topological polar surface area (TPSA) is 50.3 Å². The van der Waals surface area contributed by atoms with Crippen LogP contribution >= 0.6 is 0 Å². The minimum atomic E-state index is 0.607. The van der Waals surface area contributed by atoms with Crippen LogP contribution in [0.3, 0.4) is 0 Å². The van der Waals surface area contributed by atoms with Gasteiger partial charge in [0.2, 0.25) is 5.95 Å². The van der Waals surface area contributed by atoms with Crippen LogP contribution in [0.2, 0.25) is 0 Å². The molecule has 1 atom stereocenters. The highest BCUT2D eigenvalue weighted by molar-refractivity contribution is 5.44. The number of piperidine rings is 1. The number of hydrogen-bond acceptors (Lipinski definition) is 5. The molecule has 0 radical (unpaired) electrons. The second-order valence-corrected chi connectivity index (χ2v) is 6.51. The number of methoxy groups -OCH3 is 1. The van der Waals surface area contributed by atoms with E-state index in [2.05, 4.69) is 34.3 Å². The molecule has 5 heteroatoms. The molecule has 2 heterocycles. The molecule has 1 fully saturated rings. The summed E-state index contributed by atoms with van der Waals surface area (Å²) in [6.45, 7) is 4.17.